The highest BCUT2D eigenvalue weighted by atomic mass is 35.5. The topological polar surface area (TPSA) is 61.3 Å². The smallest absolute Gasteiger partial charge is 0.123 e. The molecule has 16 heavy (non-hydrogen) atoms. The van der Waals surface area contributed by atoms with E-state index in [1.807, 2.05) is 26.0 Å². The Morgan fingerprint density at radius 1 is 1.44 bits per heavy atom. The minimum Gasteiger partial charge on any atom is -0.496 e. The van der Waals surface area contributed by atoms with E-state index in [1.165, 1.54) is 0 Å². The van der Waals surface area contributed by atoms with Crippen LogP contribution in [0.5, 0.6) is 5.75 Å². The van der Waals surface area contributed by atoms with Crippen LogP contribution in [0.15, 0.2) is 18.2 Å². The van der Waals surface area contributed by atoms with Crippen LogP contribution in [0, 0.1) is 0 Å². The number of rotatable bonds is 4. The molecule has 1 aromatic rings. The summed E-state index contributed by atoms with van der Waals surface area (Å²) in [5.74, 6) is 0.751. The predicted molar refractivity (Wildman–Crippen MR) is 67.8 cm³/mol. The Labute approximate surface area is 102 Å². The second-order valence-corrected chi connectivity index (χ2v) is 5.12. The van der Waals surface area contributed by atoms with Gasteiger partial charge in [-0.2, -0.15) is 0 Å². The van der Waals surface area contributed by atoms with Gasteiger partial charge in [-0.05, 0) is 38.5 Å². The molecular weight excluding hydrogens is 224 g/mol. The molecular formula is C12H19ClN2O. The van der Waals surface area contributed by atoms with Crippen LogP contribution in [0.3, 0.4) is 0 Å². The Balaban J connectivity index is 2.97. The molecule has 0 aliphatic rings. The van der Waals surface area contributed by atoms with Crippen LogP contribution in [-0.2, 0) is 0 Å². The molecule has 1 unspecified atom stereocenters. The van der Waals surface area contributed by atoms with Crippen LogP contribution in [0.1, 0.15) is 31.9 Å². The molecule has 0 spiro atoms. The van der Waals surface area contributed by atoms with E-state index in [0.717, 1.165) is 11.3 Å². The second kappa shape index (κ2) is 5.04. The summed E-state index contributed by atoms with van der Waals surface area (Å²) in [5.41, 5.74) is 12.6. The van der Waals surface area contributed by atoms with E-state index in [2.05, 4.69) is 0 Å². The highest BCUT2D eigenvalue weighted by molar-refractivity contribution is 6.30. The van der Waals surface area contributed by atoms with Gasteiger partial charge in [0.2, 0.25) is 0 Å². The molecule has 0 saturated carbocycles. The number of hydrogen-bond acceptors (Lipinski definition) is 3. The van der Waals surface area contributed by atoms with E-state index in [4.69, 9.17) is 27.8 Å². The van der Waals surface area contributed by atoms with Crippen LogP contribution >= 0.6 is 11.6 Å². The van der Waals surface area contributed by atoms with Crippen molar-refractivity contribution < 1.29 is 4.74 Å². The minimum atomic E-state index is -0.313. The highest BCUT2D eigenvalue weighted by Gasteiger charge is 2.20. The van der Waals surface area contributed by atoms with E-state index in [-0.39, 0.29) is 11.6 Å². The highest BCUT2D eigenvalue weighted by Crippen LogP contribution is 2.30. The fraction of sp³-hybridized carbons (Fsp3) is 0.500. The normalized spacial score (nSPS) is 13.6. The zero-order chi connectivity index (χ0) is 12.3. The summed E-state index contributed by atoms with van der Waals surface area (Å²) in [6, 6.07) is 5.26. The van der Waals surface area contributed by atoms with Crippen LogP contribution < -0.4 is 16.2 Å². The van der Waals surface area contributed by atoms with Crippen molar-refractivity contribution in [2.45, 2.75) is 31.8 Å². The van der Waals surface area contributed by atoms with Crippen molar-refractivity contribution in [1.82, 2.24) is 0 Å². The van der Waals surface area contributed by atoms with Crippen LogP contribution in [0.25, 0.3) is 0 Å². The Morgan fingerprint density at radius 3 is 2.56 bits per heavy atom. The zero-order valence-electron chi connectivity index (χ0n) is 9.96. The third kappa shape index (κ3) is 3.67. The van der Waals surface area contributed by atoms with E-state index in [0.29, 0.717) is 11.4 Å². The lowest BCUT2D eigenvalue weighted by molar-refractivity contribution is 0.388. The molecule has 0 amide bonds. The first-order chi connectivity index (χ1) is 7.33. The lowest BCUT2D eigenvalue weighted by Gasteiger charge is -2.24. The summed E-state index contributed by atoms with van der Waals surface area (Å²) in [7, 11) is 1.62. The molecule has 1 aromatic carbocycles. The molecule has 0 aromatic heterocycles. The predicted octanol–water partition coefficient (Wildman–Crippen LogP) is 2.48. The van der Waals surface area contributed by atoms with Crippen LogP contribution in [0.4, 0.5) is 0 Å². The summed E-state index contributed by atoms with van der Waals surface area (Å²) in [5, 5.41) is 0.654. The van der Waals surface area contributed by atoms with Gasteiger partial charge in [0.05, 0.1) is 7.11 Å². The number of methoxy groups -OCH3 is 1. The SMILES string of the molecule is COc1ccc(Cl)cc1C(N)CC(C)(C)N. The lowest BCUT2D eigenvalue weighted by atomic mass is 9.92. The molecule has 0 radical (unpaired) electrons. The third-order valence-electron chi connectivity index (χ3n) is 2.34. The van der Waals surface area contributed by atoms with Gasteiger partial charge in [-0.3, -0.25) is 0 Å². The van der Waals surface area contributed by atoms with Crippen molar-refractivity contribution in [2.75, 3.05) is 7.11 Å². The first-order valence-corrected chi connectivity index (χ1v) is 5.59. The Morgan fingerprint density at radius 2 is 2.06 bits per heavy atom. The first kappa shape index (κ1) is 13.3. The van der Waals surface area contributed by atoms with Crippen molar-refractivity contribution in [3.05, 3.63) is 28.8 Å². The Kier molecular flexibility index (Phi) is 4.19. The maximum atomic E-state index is 6.11. The Bertz CT molecular complexity index is 361. The summed E-state index contributed by atoms with van der Waals surface area (Å²) >= 11 is 5.95. The zero-order valence-corrected chi connectivity index (χ0v) is 10.7. The summed E-state index contributed by atoms with van der Waals surface area (Å²) < 4.78 is 5.26. The molecule has 1 rings (SSSR count). The number of benzene rings is 1. The number of nitrogens with two attached hydrogens (primary N) is 2. The summed E-state index contributed by atoms with van der Waals surface area (Å²) in [6.07, 6.45) is 0.670. The number of halogens is 1. The molecule has 1 atom stereocenters. The van der Waals surface area contributed by atoms with Gasteiger partial charge in [0.25, 0.3) is 0 Å². The van der Waals surface area contributed by atoms with E-state index in [1.54, 1.807) is 13.2 Å². The van der Waals surface area contributed by atoms with E-state index in [9.17, 15) is 0 Å². The van der Waals surface area contributed by atoms with Gasteiger partial charge in [-0.1, -0.05) is 11.6 Å². The Hall–Kier alpha value is -0.770. The second-order valence-electron chi connectivity index (χ2n) is 4.69. The quantitative estimate of drug-likeness (QED) is 0.853. The van der Waals surface area contributed by atoms with E-state index >= 15 is 0 Å². The molecule has 90 valence electrons. The van der Waals surface area contributed by atoms with Gasteiger partial charge in [-0.15, -0.1) is 0 Å². The average Bonchev–Trinajstić information content (AvgIpc) is 2.15. The van der Waals surface area contributed by atoms with Crippen molar-refractivity contribution in [1.29, 1.82) is 0 Å². The van der Waals surface area contributed by atoms with Gasteiger partial charge in [-0.25, -0.2) is 0 Å². The van der Waals surface area contributed by atoms with Crippen molar-refractivity contribution in [3.63, 3.8) is 0 Å². The van der Waals surface area contributed by atoms with Gasteiger partial charge in [0.1, 0.15) is 5.75 Å². The first-order valence-electron chi connectivity index (χ1n) is 5.21. The van der Waals surface area contributed by atoms with Crippen LogP contribution in [0.2, 0.25) is 5.02 Å². The standard InChI is InChI=1S/C12H19ClN2O/c1-12(2,15)7-10(14)9-6-8(13)4-5-11(9)16-3/h4-6,10H,7,14-15H2,1-3H3. The van der Waals surface area contributed by atoms with Gasteiger partial charge < -0.3 is 16.2 Å². The fourth-order valence-corrected chi connectivity index (χ4v) is 1.85. The van der Waals surface area contributed by atoms with Gasteiger partial charge in [0, 0.05) is 22.2 Å². The summed E-state index contributed by atoms with van der Waals surface area (Å²) in [6.45, 7) is 3.90. The fourth-order valence-electron chi connectivity index (χ4n) is 1.67. The molecule has 3 nitrogen and oxygen atoms in total. The lowest BCUT2D eigenvalue weighted by Crippen LogP contribution is -2.36. The largest absolute Gasteiger partial charge is 0.496 e. The molecule has 0 aliphatic carbocycles. The van der Waals surface area contributed by atoms with Gasteiger partial charge in [0.15, 0.2) is 0 Å². The molecule has 0 aliphatic heterocycles. The third-order valence-corrected chi connectivity index (χ3v) is 2.57. The molecule has 0 fully saturated rings. The monoisotopic (exact) mass is 242 g/mol. The van der Waals surface area contributed by atoms with E-state index < -0.39 is 0 Å². The molecule has 0 heterocycles. The number of hydrogen-bond donors (Lipinski definition) is 2. The molecule has 0 saturated heterocycles. The van der Waals surface area contributed by atoms with Crippen LogP contribution in [-0.4, -0.2) is 12.6 Å². The molecule has 0 bridgehead atoms. The van der Waals surface area contributed by atoms with Gasteiger partial charge >= 0.3 is 0 Å². The number of ether oxygens (including phenoxy) is 1. The van der Waals surface area contributed by atoms with Crippen molar-refractivity contribution in [3.8, 4) is 5.75 Å². The minimum absolute atomic E-state index is 0.173. The molecule has 4 N–H and O–H groups in total. The van der Waals surface area contributed by atoms with Crippen molar-refractivity contribution >= 4 is 11.6 Å². The maximum absolute atomic E-state index is 6.11. The summed E-state index contributed by atoms with van der Waals surface area (Å²) in [4.78, 5) is 0. The maximum Gasteiger partial charge on any atom is 0.123 e. The van der Waals surface area contributed by atoms with Crippen molar-refractivity contribution in [2.24, 2.45) is 11.5 Å². The molecule has 4 heteroatoms. The average molecular weight is 243 g/mol.